The normalized spacial score (nSPS) is 40.1. The van der Waals surface area contributed by atoms with Gasteiger partial charge in [-0.25, -0.2) is 0 Å². The maximum Gasteiger partial charge on any atom is 0.0594 e. The lowest BCUT2D eigenvalue weighted by Gasteiger charge is -2.43. The third-order valence-corrected chi connectivity index (χ3v) is 2.91. The molecule has 1 saturated carbocycles. The molecule has 0 amide bonds. The molecule has 0 radical (unpaired) electrons. The zero-order valence-corrected chi connectivity index (χ0v) is 7.25. The van der Waals surface area contributed by atoms with E-state index in [2.05, 4.69) is 11.8 Å². The third kappa shape index (κ3) is 1.57. The van der Waals surface area contributed by atoms with Crippen LogP contribution in [0, 0.1) is 5.92 Å². The van der Waals surface area contributed by atoms with E-state index in [0.29, 0.717) is 0 Å². The van der Waals surface area contributed by atoms with Crippen molar-refractivity contribution < 1.29 is 4.74 Å². The Balaban J connectivity index is 1.76. The van der Waals surface area contributed by atoms with Crippen molar-refractivity contribution in [1.82, 2.24) is 4.90 Å². The Morgan fingerprint density at radius 1 is 1.18 bits per heavy atom. The van der Waals surface area contributed by atoms with Gasteiger partial charge in [-0.3, -0.25) is 4.90 Å². The maximum absolute atomic E-state index is 5.30. The van der Waals surface area contributed by atoms with Crippen molar-refractivity contribution in [2.24, 2.45) is 5.92 Å². The highest BCUT2D eigenvalue weighted by atomic mass is 16.5. The molecule has 0 N–H and O–H groups in total. The first-order chi connectivity index (χ1) is 5.36. The Kier molecular flexibility index (Phi) is 2.14. The van der Waals surface area contributed by atoms with Crippen molar-refractivity contribution >= 4 is 0 Å². The molecule has 0 aromatic heterocycles. The van der Waals surface area contributed by atoms with Gasteiger partial charge in [0.15, 0.2) is 0 Å². The first-order valence-electron chi connectivity index (χ1n) is 4.68. The van der Waals surface area contributed by atoms with E-state index in [1.165, 1.54) is 12.8 Å². The summed E-state index contributed by atoms with van der Waals surface area (Å²) in [7, 11) is 0. The van der Waals surface area contributed by atoms with Gasteiger partial charge in [-0.15, -0.1) is 0 Å². The van der Waals surface area contributed by atoms with Crippen LogP contribution < -0.4 is 0 Å². The molecule has 0 atom stereocenters. The minimum Gasteiger partial charge on any atom is -0.379 e. The van der Waals surface area contributed by atoms with Crippen molar-refractivity contribution in [2.75, 3.05) is 26.3 Å². The van der Waals surface area contributed by atoms with E-state index < -0.39 is 0 Å². The van der Waals surface area contributed by atoms with Crippen LogP contribution in [0.15, 0.2) is 0 Å². The number of ether oxygens (including phenoxy) is 1. The Hall–Kier alpha value is -0.0800. The van der Waals surface area contributed by atoms with Gasteiger partial charge in [0.1, 0.15) is 0 Å². The Morgan fingerprint density at radius 2 is 1.82 bits per heavy atom. The molecular formula is C9H17NO. The molecule has 11 heavy (non-hydrogen) atoms. The van der Waals surface area contributed by atoms with E-state index >= 15 is 0 Å². The number of hydrogen-bond acceptors (Lipinski definition) is 2. The maximum atomic E-state index is 5.30. The van der Waals surface area contributed by atoms with Crippen molar-refractivity contribution in [3.05, 3.63) is 0 Å². The van der Waals surface area contributed by atoms with Crippen LogP contribution in [0.1, 0.15) is 19.8 Å². The lowest BCUT2D eigenvalue weighted by Crippen LogP contribution is -2.49. The Bertz CT molecular complexity index is 126. The van der Waals surface area contributed by atoms with Crippen LogP contribution in [0.2, 0.25) is 0 Å². The fourth-order valence-electron chi connectivity index (χ4n) is 2.10. The monoisotopic (exact) mass is 155 g/mol. The molecule has 2 aliphatic rings. The van der Waals surface area contributed by atoms with Gasteiger partial charge in [0.05, 0.1) is 13.2 Å². The predicted molar refractivity (Wildman–Crippen MR) is 44.6 cm³/mol. The topological polar surface area (TPSA) is 12.5 Å². The summed E-state index contributed by atoms with van der Waals surface area (Å²) >= 11 is 0. The van der Waals surface area contributed by atoms with Gasteiger partial charge in [-0.05, 0) is 18.8 Å². The van der Waals surface area contributed by atoms with Gasteiger partial charge >= 0.3 is 0 Å². The summed E-state index contributed by atoms with van der Waals surface area (Å²) < 4.78 is 5.30. The SMILES string of the molecule is C[C@H]1C[C@@H](N2CCOCC2)C1. The molecule has 64 valence electrons. The lowest BCUT2D eigenvalue weighted by atomic mass is 9.81. The van der Waals surface area contributed by atoms with Gasteiger partial charge in [0.25, 0.3) is 0 Å². The van der Waals surface area contributed by atoms with Crippen molar-refractivity contribution in [3.8, 4) is 0 Å². The van der Waals surface area contributed by atoms with E-state index in [4.69, 9.17) is 4.74 Å². The molecule has 2 fully saturated rings. The molecular weight excluding hydrogens is 138 g/mol. The third-order valence-electron chi connectivity index (χ3n) is 2.91. The molecule has 2 heteroatoms. The Labute approximate surface area is 68.5 Å². The van der Waals surface area contributed by atoms with E-state index in [1.54, 1.807) is 0 Å². The van der Waals surface area contributed by atoms with E-state index in [9.17, 15) is 0 Å². The average Bonchev–Trinajstić information content (AvgIpc) is 2.01. The zero-order valence-electron chi connectivity index (χ0n) is 7.25. The molecule has 0 aromatic rings. The molecule has 2 rings (SSSR count). The van der Waals surface area contributed by atoms with Crippen LogP contribution in [0.5, 0.6) is 0 Å². The van der Waals surface area contributed by atoms with Gasteiger partial charge in [-0.2, -0.15) is 0 Å². The van der Waals surface area contributed by atoms with Crippen LogP contribution >= 0.6 is 0 Å². The highest BCUT2D eigenvalue weighted by Crippen LogP contribution is 2.31. The Morgan fingerprint density at radius 3 is 2.36 bits per heavy atom. The quantitative estimate of drug-likeness (QED) is 0.562. The highest BCUT2D eigenvalue weighted by molar-refractivity contribution is 4.85. The summed E-state index contributed by atoms with van der Waals surface area (Å²) in [6, 6.07) is 0.897. The summed E-state index contributed by atoms with van der Waals surface area (Å²) in [5.74, 6) is 0.975. The second kappa shape index (κ2) is 3.11. The molecule has 0 spiro atoms. The van der Waals surface area contributed by atoms with E-state index in [0.717, 1.165) is 38.3 Å². The molecule has 1 aliphatic heterocycles. The summed E-state index contributed by atoms with van der Waals surface area (Å²) in [5.41, 5.74) is 0. The fourth-order valence-corrected chi connectivity index (χ4v) is 2.10. The molecule has 1 aliphatic carbocycles. The van der Waals surface area contributed by atoms with Crippen LogP contribution in [0.25, 0.3) is 0 Å². The van der Waals surface area contributed by atoms with Gasteiger partial charge < -0.3 is 4.74 Å². The lowest BCUT2D eigenvalue weighted by molar-refractivity contribution is -0.0143. The standard InChI is InChI=1S/C9H17NO/c1-8-6-9(7-8)10-2-4-11-5-3-10/h8-9H,2-7H2,1H3/t8-,9+. The van der Waals surface area contributed by atoms with Gasteiger partial charge in [-0.1, -0.05) is 6.92 Å². The minimum atomic E-state index is 0.897. The second-order valence-electron chi connectivity index (χ2n) is 3.88. The van der Waals surface area contributed by atoms with Crippen LogP contribution in [0.4, 0.5) is 0 Å². The van der Waals surface area contributed by atoms with E-state index in [1.807, 2.05) is 0 Å². The molecule has 1 saturated heterocycles. The zero-order chi connectivity index (χ0) is 7.68. The predicted octanol–water partition coefficient (Wildman–Crippen LogP) is 1.12. The minimum absolute atomic E-state index is 0.897. The number of nitrogens with zero attached hydrogens (tertiary/aromatic N) is 1. The van der Waals surface area contributed by atoms with Crippen molar-refractivity contribution in [1.29, 1.82) is 0 Å². The largest absolute Gasteiger partial charge is 0.379 e. The van der Waals surface area contributed by atoms with Crippen LogP contribution in [-0.4, -0.2) is 37.2 Å². The van der Waals surface area contributed by atoms with Crippen molar-refractivity contribution in [2.45, 2.75) is 25.8 Å². The molecule has 0 unspecified atom stereocenters. The summed E-state index contributed by atoms with van der Waals surface area (Å²) in [5, 5.41) is 0. The number of morpholine rings is 1. The summed E-state index contributed by atoms with van der Waals surface area (Å²) in [6.07, 6.45) is 2.83. The smallest absolute Gasteiger partial charge is 0.0594 e. The summed E-state index contributed by atoms with van der Waals surface area (Å²) in [6.45, 7) is 6.57. The number of hydrogen-bond donors (Lipinski definition) is 0. The van der Waals surface area contributed by atoms with Gasteiger partial charge in [0.2, 0.25) is 0 Å². The van der Waals surface area contributed by atoms with E-state index in [-0.39, 0.29) is 0 Å². The number of rotatable bonds is 1. The molecule has 0 bridgehead atoms. The van der Waals surface area contributed by atoms with Crippen molar-refractivity contribution in [3.63, 3.8) is 0 Å². The fraction of sp³-hybridized carbons (Fsp3) is 1.00. The second-order valence-corrected chi connectivity index (χ2v) is 3.88. The molecule has 0 aromatic carbocycles. The molecule has 2 nitrogen and oxygen atoms in total. The first kappa shape index (κ1) is 7.56. The highest BCUT2D eigenvalue weighted by Gasteiger charge is 2.31. The average molecular weight is 155 g/mol. The molecule has 1 heterocycles. The van der Waals surface area contributed by atoms with Crippen LogP contribution in [0.3, 0.4) is 0 Å². The first-order valence-corrected chi connectivity index (χ1v) is 4.68. The van der Waals surface area contributed by atoms with Gasteiger partial charge in [0, 0.05) is 19.1 Å². The summed E-state index contributed by atoms with van der Waals surface area (Å²) in [4.78, 5) is 2.59. The van der Waals surface area contributed by atoms with Crippen LogP contribution in [-0.2, 0) is 4.74 Å².